The number of carbonyl (C=O) groups is 10. The van der Waals surface area contributed by atoms with Crippen LogP contribution in [0.1, 0.15) is 46.8 Å². The van der Waals surface area contributed by atoms with E-state index in [9.17, 15) is 47.9 Å². The number of nitriles is 4. The summed E-state index contributed by atoms with van der Waals surface area (Å²) in [4.78, 5) is 123. The summed E-state index contributed by atoms with van der Waals surface area (Å²) >= 11 is 0. The Hall–Kier alpha value is -13.0. The highest BCUT2D eigenvalue weighted by atomic mass is 16.2. The summed E-state index contributed by atoms with van der Waals surface area (Å²) in [5.41, 5.74) is 26.9. The van der Waals surface area contributed by atoms with Crippen molar-refractivity contribution in [2.75, 3.05) is 13.1 Å². The number of nitrogens with zero attached hydrogens (tertiary/aromatic N) is 9. The van der Waals surface area contributed by atoms with Gasteiger partial charge in [0, 0.05) is 5.56 Å². The van der Waals surface area contributed by atoms with Gasteiger partial charge in [0.05, 0.1) is 29.5 Å². The summed E-state index contributed by atoms with van der Waals surface area (Å²) in [6.07, 6.45) is 2.29. The summed E-state index contributed by atoms with van der Waals surface area (Å²) in [6.45, 7) is 36.2. The zero-order valence-electron chi connectivity index (χ0n) is 45.9. The Morgan fingerprint density at radius 2 is 1.12 bits per heavy atom. The molecule has 27 heteroatoms. The minimum atomic E-state index is -1.20. The highest BCUT2D eigenvalue weighted by Crippen LogP contribution is 2.33. The van der Waals surface area contributed by atoms with Crippen LogP contribution in [0.4, 0.5) is 0 Å². The SMILES string of the molecule is N.N#C/C(=C\c1ccccc1)C(N)=O.O=Cc1ccccc1.[C-]#[N+]C(C(N)=O)C(C(C)C)C(C#N)C(N)=O.[C-]#[N+]C1C(=O)NC(=O)C(C#N)=C1c1ccccc1.[C-]#[N+]C1C(=O)NC(=O)C(C#N)C1c1ccccc1.[C-]#[N+]CC(N)=O.[C-]#[N+]CC(N)=O. The maximum Gasteiger partial charge on any atom is 0.327 e. The fourth-order valence-corrected chi connectivity index (χ4v) is 7.07. The minimum absolute atomic E-state index is 0. The topological polar surface area (TPSA) is 477 Å². The Bertz CT molecular complexity index is 3420. The van der Waals surface area contributed by atoms with E-state index in [2.05, 4.69) is 41.0 Å². The van der Waals surface area contributed by atoms with E-state index >= 15 is 0 Å². The number of hydrogen-bond donors (Lipinski definition) is 8. The second-order valence-corrected chi connectivity index (χ2v) is 16.9. The molecule has 9 amide bonds. The third-order valence-electron chi connectivity index (χ3n) is 10.8. The number of piperidine rings is 1. The largest absolute Gasteiger partial charge is 0.369 e. The van der Waals surface area contributed by atoms with E-state index < -0.39 is 95.0 Å². The van der Waals surface area contributed by atoms with Crippen LogP contribution in [0.25, 0.3) is 35.9 Å². The van der Waals surface area contributed by atoms with Gasteiger partial charge in [-0.05, 0) is 28.7 Å². The van der Waals surface area contributed by atoms with Crippen LogP contribution < -0.4 is 45.5 Å². The molecule has 0 spiro atoms. The van der Waals surface area contributed by atoms with E-state index in [4.69, 9.17) is 71.1 Å². The molecular formula is C59H55N17O10. The molecule has 0 saturated carbocycles. The van der Waals surface area contributed by atoms with Gasteiger partial charge in [0.25, 0.3) is 36.7 Å². The fourth-order valence-electron chi connectivity index (χ4n) is 7.07. The second-order valence-electron chi connectivity index (χ2n) is 16.9. The predicted molar refractivity (Wildman–Crippen MR) is 308 cm³/mol. The molecule has 2 heterocycles. The molecule has 2 aliphatic heterocycles. The van der Waals surface area contributed by atoms with E-state index in [1.807, 2.05) is 47.8 Å². The Morgan fingerprint density at radius 3 is 1.44 bits per heavy atom. The lowest BCUT2D eigenvalue weighted by Crippen LogP contribution is -2.52. The number of rotatable bonds is 12. The quantitative estimate of drug-likeness (QED) is 0.0332. The Morgan fingerprint density at radius 1 is 0.640 bits per heavy atom. The first-order valence-corrected chi connectivity index (χ1v) is 24.1. The van der Waals surface area contributed by atoms with E-state index in [-0.39, 0.29) is 41.9 Å². The van der Waals surface area contributed by atoms with Crippen LogP contribution >= 0.6 is 0 Å². The standard InChI is InChI=1S/C13H9N3O2.C13H7N3O2.C10H14N4O2.C10H8N2O.C7H6O.2C3H4N2O.H3N/c2*1-15-11-10(8-5-3-2-4-6-8)9(7-14)12(17)16-13(11)18;1-5(2)7(6(4-11)9(12)15)8(14-3)10(13)16;11-7-9(10(12)13)6-8-4-2-1-3-5-8;8-6-7-4-2-1-3-5-7;2*1-5-2-3(4)6;/h2-6,9-11H,(H,16,17,18);2-6,11H,(H,16,17,18);5-8H,1-2H3,(H2,12,15)(H2,13,16);1-6H,(H2,12,13);1-6H;2*2H2,(H2,4,6);1H3/b;;;9-6+;;;;. The first kappa shape index (κ1) is 75.1. The molecule has 0 radical (unpaired) electrons. The van der Waals surface area contributed by atoms with Crippen molar-refractivity contribution in [3.8, 4) is 24.3 Å². The van der Waals surface area contributed by atoms with Gasteiger partial charge < -0.3 is 54.2 Å². The molecule has 15 N–H and O–H groups in total. The van der Waals surface area contributed by atoms with Gasteiger partial charge in [-0.15, -0.1) is 0 Å². The Kier molecular flexibility index (Phi) is 35.9. The number of nitrogens with two attached hydrogens (primary N) is 5. The van der Waals surface area contributed by atoms with Crippen LogP contribution in [-0.4, -0.2) is 90.7 Å². The maximum absolute atomic E-state index is 11.6. The van der Waals surface area contributed by atoms with Crippen molar-refractivity contribution in [3.05, 3.63) is 212 Å². The van der Waals surface area contributed by atoms with Crippen LogP contribution in [0, 0.1) is 102 Å². The fraction of sp³-hybridized carbons (Fsp3) is 0.203. The van der Waals surface area contributed by atoms with Crippen molar-refractivity contribution in [2.24, 2.45) is 52.3 Å². The molecule has 4 aromatic carbocycles. The zero-order chi connectivity index (χ0) is 64.6. The van der Waals surface area contributed by atoms with Crippen molar-refractivity contribution < 1.29 is 47.9 Å². The van der Waals surface area contributed by atoms with Crippen molar-refractivity contribution >= 4 is 71.1 Å². The highest BCUT2D eigenvalue weighted by Gasteiger charge is 2.49. The number of benzene rings is 4. The Labute approximate surface area is 494 Å². The average Bonchev–Trinajstić information content (AvgIpc) is 1.99. The molecule has 6 rings (SSSR count). The predicted octanol–water partition coefficient (Wildman–Crippen LogP) is 2.94. The van der Waals surface area contributed by atoms with Crippen LogP contribution in [-0.2, 0) is 43.2 Å². The zero-order valence-corrected chi connectivity index (χ0v) is 45.9. The van der Waals surface area contributed by atoms with E-state index in [0.29, 0.717) is 11.1 Å². The monoisotopic (exact) mass is 1160 g/mol. The minimum Gasteiger partial charge on any atom is -0.369 e. The van der Waals surface area contributed by atoms with Crippen LogP contribution in [0.2, 0.25) is 0 Å². The number of aldehydes is 1. The molecule has 0 aromatic heterocycles. The lowest BCUT2D eigenvalue weighted by Gasteiger charge is -2.26. The van der Waals surface area contributed by atoms with Gasteiger partial charge in [-0.3, -0.25) is 63.4 Å². The first-order chi connectivity index (χ1) is 40.4. The molecule has 7 unspecified atom stereocenters. The molecular weight excluding hydrogens is 1110 g/mol. The highest BCUT2D eigenvalue weighted by molar-refractivity contribution is 6.21. The Balaban J connectivity index is 0. The maximum atomic E-state index is 11.6. The summed E-state index contributed by atoms with van der Waals surface area (Å²) in [6, 6.07) is 39.2. The number of hydrogen-bond acceptors (Lipinski definition) is 15. The normalized spacial score (nSPS) is 15.8. The van der Waals surface area contributed by atoms with Gasteiger partial charge in [0.1, 0.15) is 41.4 Å². The summed E-state index contributed by atoms with van der Waals surface area (Å²) in [5, 5.41) is 39.5. The molecule has 2 aliphatic rings. The average molecular weight is 1160 g/mol. The molecule has 27 nitrogen and oxygen atoms in total. The van der Waals surface area contributed by atoms with Crippen molar-refractivity contribution in [3.63, 3.8) is 0 Å². The van der Waals surface area contributed by atoms with Crippen LogP contribution in [0.5, 0.6) is 0 Å². The van der Waals surface area contributed by atoms with Crippen LogP contribution in [0.15, 0.2) is 132 Å². The molecule has 86 heavy (non-hydrogen) atoms. The molecule has 436 valence electrons. The van der Waals surface area contributed by atoms with Crippen LogP contribution in [0.3, 0.4) is 0 Å². The van der Waals surface area contributed by atoms with Gasteiger partial charge in [0.2, 0.25) is 11.8 Å². The van der Waals surface area contributed by atoms with Gasteiger partial charge in [-0.2, -0.15) is 21.0 Å². The lowest BCUT2D eigenvalue weighted by molar-refractivity contribution is -0.136. The van der Waals surface area contributed by atoms with E-state index in [1.165, 1.54) is 6.08 Å². The number of primary amides is 5. The number of imide groups is 2. The lowest BCUT2D eigenvalue weighted by atomic mass is 9.78. The molecule has 7 atom stereocenters. The van der Waals surface area contributed by atoms with Crippen molar-refractivity contribution in [1.82, 2.24) is 16.8 Å². The number of amides is 9. The number of carbonyl (C=O) groups excluding carboxylic acids is 10. The van der Waals surface area contributed by atoms with Gasteiger partial charge >= 0.3 is 35.8 Å². The van der Waals surface area contributed by atoms with Gasteiger partial charge in [-0.1, -0.05) is 135 Å². The number of nitrogens with one attached hydrogen (secondary N) is 2. The van der Waals surface area contributed by atoms with Gasteiger partial charge in [0.15, 0.2) is 0 Å². The smallest absolute Gasteiger partial charge is 0.327 e. The van der Waals surface area contributed by atoms with Crippen molar-refractivity contribution in [2.45, 2.75) is 37.9 Å². The molecule has 1 fully saturated rings. The molecule has 1 saturated heterocycles. The summed E-state index contributed by atoms with van der Waals surface area (Å²) < 4.78 is 0. The van der Waals surface area contributed by atoms with Crippen molar-refractivity contribution in [1.29, 1.82) is 21.0 Å². The van der Waals surface area contributed by atoms with E-state index in [1.54, 1.807) is 117 Å². The van der Waals surface area contributed by atoms with Gasteiger partial charge in [-0.25, -0.2) is 32.9 Å². The molecule has 4 aromatic rings. The summed E-state index contributed by atoms with van der Waals surface area (Å²) in [5.74, 6) is -10.1. The second kappa shape index (κ2) is 41.1. The third-order valence-corrected chi connectivity index (χ3v) is 10.8. The summed E-state index contributed by atoms with van der Waals surface area (Å²) in [7, 11) is 0. The van der Waals surface area contributed by atoms with E-state index in [0.717, 1.165) is 17.4 Å². The third kappa shape index (κ3) is 25.4. The first-order valence-electron chi connectivity index (χ1n) is 24.1. The molecule has 0 aliphatic carbocycles. The molecule has 0 bridgehead atoms.